The molecular weight excluding hydrogens is 368 g/mol. The van der Waals surface area contributed by atoms with Crippen molar-refractivity contribution in [3.05, 3.63) is 35.7 Å². The summed E-state index contributed by atoms with van der Waals surface area (Å²) in [4.78, 5) is 16.9. The number of hydrogen-bond acceptors (Lipinski definition) is 6. The molecule has 1 aliphatic heterocycles. The second-order valence-corrected chi connectivity index (χ2v) is 8.34. The van der Waals surface area contributed by atoms with Crippen molar-refractivity contribution in [2.75, 3.05) is 17.2 Å². The Kier molecular flexibility index (Phi) is 4.50. The van der Waals surface area contributed by atoms with Crippen molar-refractivity contribution in [1.82, 2.24) is 19.9 Å². The fraction of sp³-hybridized carbons (Fsp3) is 0.476. The van der Waals surface area contributed by atoms with Gasteiger partial charge in [0.15, 0.2) is 5.65 Å². The van der Waals surface area contributed by atoms with Crippen LogP contribution in [0.3, 0.4) is 0 Å². The lowest BCUT2D eigenvalue weighted by Crippen LogP contribution is -2.28. The summed E-state index contributed by atoms with van der Waals surface area (Å²) in [5.41, 5.74) is 2.83. The minimum Gasteiger partial charge on any atom is -0.391 e. The quantitative estimate of drug-likeness (QED) is 0.561. The van der Waals surface area contributed by atoms with Gasteiger partial charge in [0.1, 0.15) is 11.6 Å². The molecule has 152 valence electrons. The lowest BCUT2D eigenvalue weighted by molar-refractivity contribution is -0.115. The van der Waals surface area contributed by atoms with E-state index in [1.54, 1.807) is 10.7 Å². The third-order valence-electron chi connectivity index (χ3n) is 5.90. The van der Waals surface area contributed by atoms with Crippen LogP contribution in [0.5, 0.6) is 0 Å². The molecule has 0 radical (unpaired) electrons. The molecule has 3 fully saturated rings. The van der Waals surface area contributed by atoms with Crippen LogP contribution >= 0.6 is 0 Å². The van der Waals surface area contributed by atoms with E-state index in [1.165, 1.54) is 12.8 Å². The normalized spacial score (nSPS) is 25.8. The van der Waals surface area contributed by atoms with E-state index in [9.17, 15) is 9.90 Å². The third-order valence-corrected chi connectivity index (χ3v) is 5.90. The number of hydrogen-bond donors (Lipinski definition) is 4. The number of nitrogens with one attached hydrogen (secondary N) is 3. The zero-order chi connectivity index (χ0) is 20.0. The summed E-state index contributed by atoms with van der Waals surface area (Å²) in [6, 6.07) is 1.96. The first-order valence-corrected chi connectivity index (χ1v) is 10.3. The van der Waals surface area contributed by atoms with Gasteiger partial charge in [-0.25, -0.2) is 4.98 Å². The second kappa shape index (κ2) is 7.18. The number of nitrogens with zero attached hydrogens (tertiary/aromatic N) is 3. The Morgan fingerprint density at radius 1 is 1.34 bits per heavy atom. The summed E-state index contributed by atoms with van der Waals surface area (Å²) in [7, 11) is 0. The summed E-state index contributed by atoms with van der Waals surface area (Å²) < 4.78 is 1.78. The highest BCUT2D eigenvalue weighted by atomic mass is 16.3. The Morgan fingerprint density at radius 3 is 2.90 bits per heavy atom. The van der Waals surface area contributed by atoms with Crippen LogP contribution in [0.15, 0.2) is 30.1 Å². The summed E-state index contributed by atoms with van der Waals surface area (Å²) in [5, 5.41) is 24.3. The molecule has 3 heterocycles. The molecule has 4 N–H and O–H groups in total. The first kappa shape index (κ1) is 18.2. The lowest BCUT2D eigenvalue weighted by atomic mass is 10.1. The number of anilines is 2. The van der Waals surface area contributed by atoms with Crippen LogP contribution in [0.2, 0.25) is 0 Å². The topological polar surface area (TPSA) is 104 Å². The molecule has 5 rings (SSSR count). The van der Waals surface area contributed by atoms with E-state index in [4.69, 9.17) is 4.98 Å². The summed E-state index contributed by atoms with van der Waals surface area (Å²) in [6.07, 6.45) is 9.00. The fourth-order valence-electron chi connectivity index (χ4n) is 4.05. The molecule has 2 atom stereocenters. The van der Waals surface area contributed by atoms with Crippen LogP contribution < -0.4 is 16.0 Å². The highest BCUT2D eigenvalue weighted by Crippen LogP contribution is 2.30. The molecule has 1 saturated heterocycles. The summed E-state index contributed by atoms with van der Waals surface area (Å²) in [5.74, 6) is 2.17. The molecule has 3 aliphatic rings. The van der Waals surface area contributed by atoms with Gasteiger partial charge in [0.25, 0.3) is 5.91 Å². The standard InChI is InChI=1S/C21H26N6O2/c1-12-7-14(21(29)24-12)8-15-11-23-27-19(22-10-13-5-6-13)9-18(26-20(15)27)25-16-3-2-4-17(16)28/h8-9,11,13,16-17,22,28H,1-7,10H2,(H,24,29)(H,25,26)/b14-8+/t16?,17-/m0/s1. The molecular formula is C21H26N6O2. The van der Waals surface area contributed by atoms with Crippen molar-refractivity contribution in [1.29, 1.82) is 0 Å². The number of aliphatic hydroxyl groups is 1. The van der Waals surface area contributed by atoms with E-state index in [0.717, 1.165) is 43.1 Å². The van der Waals surface area contributed by atoms with E-state index in [0.29, 0.717) is 29.2 Å². The van der Waals surface area contributed by atoms with Crippen molar-refractivity contribution < 1.29 is 9.90 Å². The number of fused-ring (bicyclic) bond motifs is 1. The van der Waals surface area contributed by atoms with Crippen molar-refractivity contribution in [2.24, 2.45) is 5.92 Å². The molecule has 8 heteroatoms. The third kappa shape index (κ3) is 3.72. The Morgan fingerprint density at radius 2 is 2.21 bits per heavy atom. The molecule has 0 bridgehead atoms. The number of allylic oxidation sites excluding steroid dienone is 1. The Balaban J connectivity index is 1.51. The van der Waals surface area contributed by atoms with Gasteiger partial charge in [-0.2, -0.15) is 9.61 Å². The van der Waals surface area contributed by atoms with Crippen LogP contribution in [0.4, 0.5) is 11.6 Å². The first-order chi connectivity index (χ1) is 14.1. The number of carbonyl (C=O) groups is 1. The number of carbonyl (C=O) groups excluding carboxylic acids is 1. The Hall–Kier alpha value is -2.87. The zero-order valence-electron chi connectivity index (χ0n) is 16.3. The van der Waals surface area contributed by atoms with Crippen LogP contribution in [0, 0.1) is 5.92 Å². The van der Waals surface area contributed by atoms with Gasteiger partial charge in [-0.3, -0.25) is 4.79 Å². The second-order valence-electron chi connectivity index (χ2n) is 8.34. The molecule has 1 amide bonds. The van der Waals surface area contributed by atoms with Gasteiger partial charge in [-0.1, -0.05) is 6.58 Å². The smallest absolute Gasteiger partial charge is 0.251 e. The van der Waals surface area contributed by atoms with Crippen molar-refractivity contribution in [3.8, 4) is 0 Å². The van der Waals surface area contributed by atoms with Gasteiger partial charge >= 0.3 is 0 Å². The van der Waals surface area contributed by atoms with Crippen molar-refractivity contribution in [3.63, 3.8) is 0 Å². The van der Waals surface area contributed by atoms with Crippen LogP contribution in [0.25, 0.3) is 11.7 Å². The largest absolute Gasteiger partial charge is 0.391 e. The van der Waals surface area contributed by atoms with Crippen molar-refractivity contribution >= 4 is 29.3 Å². The van der Waals surface area contributed by atoms with E-state index in [2.05, 4.69) is 27.6 Å². The maximum Gasteiger partial charge on any atom is 0.251 e. The average molecular weight is 394 g/mol. The predicted octanol–water partition coefficient (Wildman–Crippen LogP) is 2.29. The maximum absolute atomic E-state index is 12.1. The SMILES string of the molecule is C=C1C/C(=C\c2cnn3c(NCC4CC4)cc(NC4CCC[C@@H]4O)nc23)C(=O)N1. The molecule has 8 nitrogen and oxygen atoms in total. The predicted molar refractivity (Wildman–Crippen MR) is 111 cm³/mol. The van der Waals surface area contributed by atoms with Gasteiger partial charge in [0.05, 0.1) is 18.3 Å². The summed E-state index contributed by atoms with van der Waals surface area (Å²) >= 11 is 0. The number of rotatable bonds is 6. The van der Waals surface area contributed by atoms with Gasteiger partial charge in [-0.05, 0) is 44.1 Å². The number of aromatic nitrogens is 3. The Labute approximate surface area is 169 Å². The highest BCUT2D eigenvalue weighted by molar-refractivity contribution is 6.02. The van der Waals surface area contributed by atoms with Crippen LogP contribution in [0.1, 0.15) is 44.1 Å². The maximum atomic E-state index is 12.1. The van der Waals surface area contributed by atoms with Gasteiger partial charge in [0.2, 0.25) is 0 Å². The average Bonchev–Trinajstić information content (AvgIpc) is 3.18. The highest BCUT2D eigenvalue weighted by Gasteiger charge is 2.26. The molecule has 2 saturated carbocycles. The molecule has 2 aliphatic carbocycles. The molecule has 0 spiro atoms. The minimum absolute atomic E-state index is 0.00916. The molecule has 2 aromatic rings. The number of amides is 1. The Bertz CT molecular complexity index is 1010. The molecule has 1 unspecified atom stereocenters. The van der Waals surface area contributed by atoms with E-state index < -0.39 is 0 Å². The van der Waals surface area contributed by atoms with Crippen LogP contribution in [-0.4, -0.2) is 44.3 Å². The van der Waals surface area contributed by atoms with E-state index >= 15 is 0 Å². The van der Waals surface area contributed by atoms with Gasteiger partial charge in [-0.15, -0.1) is 0 Å². The molecule has 2 aromatic heterocycles. The van der Waals surface area contributed by atoms with E-state index in [1.807, 2.05) is 12.1 Å². The van der Waals surface area contributed by atoms with Crippen LogP contribution in [-0.2, 0) is 4.79 Å². The minimum atomic E-state index is -0.351. The fourth-order valence-corrected chi connectivity index (χ4v) is 4.05. The molecule has 0 aromatic carbocycles. The number of aliphatic hydroxyl groups excluding tert-OH is 1. The lowest BCUT2D eigenvalue weighted by Gasteiger charge is -2.18. The van der Waals surface area contributed by atoms with Crippen molar-refractivity contribution in [2.45, 2.75) is 50.7 Å². The monoisotopic (exact) mass is 394 g/mol. The zero-order valence-corrected chi connectivity index (χ0v) is 16.3. The van der Waals surface area contributed by atoms with Gasteiger partial charge < -0.3 is 21.1 Å². The van der Waals surface area contributed by atoms with Gasteiger partial charge in [0, 0.05) is 35.9 Å². The van der Waals surface area contributed by atoms with E-state index in [-0.39, 0.29) is 18.1 Å². The molecule has 29 heavy (non-hydrogen) atoms. The first-order valence-electron chi connectivity index (χ1n) is 10.3. The summed E-state index contributed by atoms with van der Waals surface area (Å²) in [6.45, 7) is 4.74.